The van der Waals surface area contributed by atoms with Gasteiger partial charge in [-0.25, -0.2) is 9.37 Å². The van der Waals surface area contributed by atoms with Gasteiger partial charge in [-0.1, -0.05) is 11.6 Å². The van der Waals surface area contributed by atoms with E-state index in [2.05, 4.69) is 15.1 Å². The number of hydrogen-bond acceptors (Lipinski definition) is 4. The normalized spacial score (nSPS) is 19.4. The first-order chi connectivity index (χ1) is 16.5. The van der Waals surface area contributed by atoms with Crippen LogP contribution in [0.2, 0.25) is 5.02 Å². The number of pyridine rings is 1. The molecule has 6 nitrogen and oxygen atoms in total. The average molecular weight is 486 g/mol. The van der Waals surface area contributed by atoms with Gasteiger partial charge in [0.15, 0.2) is 0 Å². The number of nitrogens with zero attached hydrogens (tertiary/aromatic N) is 3. The fourth-order valence-corrected chi connectivity index (χ4v) is 5.18. The maximum atomic E-state index is 14.4. The predicted molar refractivity (Wildman–Crippen MR) is 129 cm³/mol. The Balaban J connectivity index is 1.53. The summed E-state index contributed by atoms with van der Waals surface area (Å²) in [7, 11) is 1.45. The molecule has 178 valence electrons. The standard InChI is InChI=1S/C25H26ClF2N5O/c1-34-22-7-6-21(28)24(26)23(22)19(9-27)20-12-31-25-18(20)8-14(10-30-25)15-11-32-33(13-15)17-4-2-16(29)3-5-17/h6-8,10-13,16-17,19H,2-5,9,29H2,1H3,(H,30,31)/t16?,17?,19-/m1/s1. The number of ether oxygens (including phenoxy) is 1. The van der Waals surface area contributed by atoms with Crippen molar-refractivity contribution in [3.63, 3.8) is 0 Å². The second-order valence-corrected chi connectivity index (χ2v) is 9.20. The first-order valence-corrected chi connectivity index (χ1v) is 11.7. The van der Waals surface area contributed by atoms with Crippen LogP contribution in [0.1, 0.15) is 48.8 Å². The molecule has 0 amide bonds. The number of hydrogen-bond donors (Lipinski definition) is 2. The van der Waals surface area contributed by atoms with Crippen molar-refractivity contribution in [2.75, 3.05) is 13.8 Å². The van der Waals surface area contributed by atoms with Gasteiger partial charge in [0, 0.05) is 52.6 Å². The van der Waals surface area contributed by atoms with Crippen LogP contribution >= 0.6 is 11.6 Å². The van der Waals surface area contributed by atoms with Crippen molar-refractivity contribution >= 4 is 22.6 Å². The number of rotatable bonds is 6. The highest BCUT2D eigenvalue weighted by Gasteiger charge is 2.27. The number of fused-ring (bicyclic) bond motifs is 1. The molecule has 1 saturated carbocycles. The van der Waals surface area contributed by atoms with Gasteiger partial charge in [-0.15, -0.1) is 0 Å². The maximum absolute atomic E-state index is 14.4. The topological polar surface area (TPSA) is 81.8 Å². The van der Waals surface area contributed by atoms with Crippen LogP contribution in [-0.2, 0) is 0 Å². The minimum atomic E-state index is -0.821. The molecule has 0 unspecified atom stereocenters. The Morgan fingerprint density at radius 2 is 2.03 bits per heavy atom. The van der Waals surface area contributed by atoms with E-state index in [1.807, 2.05) is 23.1 Å². The number of halogens is 3. The van der Waals surface area contributed by atoms with Crippen LogP contribution in [0, 0.1) is 5.82 Å². The third kappa shape index (κ3) is 4.05. The van der Waals surface area contributed by atoms with Crippen molar-refractivity contribution in [1.82, 2.24) is 19.7 Å². The van der Waals surface area contributed by atoms with Crippen LogP contribution in [0.15, 0.2) is 43.0 Å². The van der Waals surface area contributed by atoms with E-state index in [4.69, 9.17) is 22.1 Å². The second-order valence-electron chi connectivity index (χ2n) is 8.83. The number of benzene rings is 1. The Morgan fingerprint density at radius 3 is 2.76 bits per heavy atom. The predicted octanol–water partition coefficient (Wildman–Crippen LogP) is 5.77. The fourth-order valence-electron chi connectivity index (χ4n) is 4.89. The molecule has 9 heteroatoms. The van der Waals surface area contributed by atoms with E-state index < -0.39 is 18.4 Å². The molecule has 3 aromatic heterocycles. The van der Waals surface area contributed by atoms with E-state index in [-0.39, 0.29) is 16.6 Å². The molecule has 1 aliphatic carbocycles. The number of aromatic nitrogens is 4. The van der Waals surface area contributed by atoms with Crippen molar-refractivity contribution in [2.24, 2.45) is 5.73 Å². The average Bonchev–Trinajstić information content (AvgIpc) is 3.50. The maximum Gasteiger partial charge on any atom is 0.142 e. The van der Waals surface area contributed by atoms with Crippen LogP contribution in [0.3, 0.4) is 0 Å². The molecule has 1 aromatic carbocycles. The highest BCUT2D eigenvalue weighted by molar-refractivity contribution is 6.31. The number of aromatic amines is 1. The van der Waals surface area contributed by atoms with E-state index in [9.17, 15) is 8.78 Å². The summed E-state index contributed by atoms with van der Waals surface area (Å²) in [6.07, 6.45) is 11.3. The van der Waals surface area contributed by atoms with Gasteiger partial charge in [0.25, 0.3) is 0 Å². The summed E-state index contributed by atoms with van der Waals surface area (Å²) in [5.74, 6) is -1.11. The lowest BCUT2D eigenvalue weighted by Crippen LogP contribution is -2.27. The molecule has 0 spiro atoms. The molecule has 5 rings (SSSR count). The molecule has 0 aliphatic heterocycles. The molecule has 1 aliphatic rings. The number of H-pyrrole nitrogens is 1. The molecule has 3 N–H and O–H groups in total. The van der Waals surface area contributed by atoms with Gasteiger partial charge in [0.2, 0.25) is 0 Å². The zero-order valence-electron chi connectivity index (χ0n) is 18.8. The molecule has 0 saturated heterocycles. The van der Waals surface area contributed by atoms with Gasteiger partial charge in [0.1, 0.15) is 23.9 Å². The van der Waals surface area contributed by atoms with E-state index in [0.29, 0.717) is 23.0 Å². The molecular weight excluding hydrogens is 460 g/mol. The van der Waals surface area contributed by atoms with Crippen molar-refractivity contribution in [3.05, 3.63) is 65.0 Å². The number of nitrogens with two attached hydrogens (primary N) is 1. The Hall–Kier alpha value is -2.97. The molecule has 34 heavy (non-hydrogen) atoms. The van der Waals surface area contributed by atoms with E-state index >= 15 is 0 Å². The van der Waals surface area contributed by atoms with Crippen molar-refractivity contribution in [2.45, 2.75) is 43.7 Å². The number of methoxy groups -OCH3 is 1. The summed E-state index contributed by atoms with van der Waals surface area (Å²) < 4.78 is 36.1. The zero-order chi connectivity index (χ0) is 23.8. The number of alkyl halides is 1. The quantitative estimate of drug-likeness (QED) is 0.363. The molecular formula is C25H26ClF2N5O. The van der Waals surface area contributed by atoms with Crippen LogP contribution in [-0.4, -0.2) is 39.6 Å². The molecule has 0 bridgehead atoms. The Morgan fingerprint density at radius 1 is 1.24 bits per heavy atom. The highest BCUT2D eigenvalue weighted by atomic mass is 35.5. The van der Waals surface area contributed by atoms with Crippen LogP contribution in [0.4, 0.5) is 8.78 Å². The van der Waals surface area contributed by atoms with Crippen LogP contribution < -0.4 is 10.5 Å². The monoisotopic (exact) mass is 485 g/mol. The van der Waals surface area contributed by atoms with E-state index in [0.717, 1.165) is 42.2 Å². The Kier molecular flexibility index (Phi) is 6.27. The number of nitrogens with one attached hydrogen (secondary N) is 1. The summed E-state index contributed by atoms with van der Waals surface area (Å²) in [4.78, 5) is 7.63. The molecule has 0 radical (unpaired) electrons. The lowest BCUT2D eigenvalue weighted by molar-refractivity contribution is 0.304. The van der Waals surface area contributed by atoms with E-state index in [1.54, 1.807) is 12.4 Å². The molecule has 3 heterocycles. The first-order valence-electron chi connectivity index (χ1n) is 11.3. The summed E-state index contributed by atoms with van der Waals surface area (Å²) >= 11 is 6.27. The molecule has 1 atom stereocenters. The second kappa shape index (κ2) is 9.35. The van der Waals surface area contributed by atoms with Crippen LogP contribution in [0.25, 0.3) is 22.2 Å². The largest absolute Gasteiger partial charge is 0.496 e. The smallest absolute Gasteiger partial charge is 0.142 e. The lowest BCUT2D eigenvalue weighted by atomic mass is 9.91. The first kappa shape index (κ1) is 22.8. The van der Waals surface area contributed by atoms with Gasteiger partial charge in [-0.2, -0.15) is 5.10 Å². The molecule has 4 aromatic rings. The fraction of sp³-hybridized carbons (Fsp3) is 0.360. The summed E-state index contributed by atoms with van der Waals surface area (Å²) in [6.45, 7) is -0.779. The van der Waals surface area contributed by atoms with Crippen molar-refractivity contribution in [1.29, 1.82) is 0 Å². The highest BCUT2D eigenvalue weighted by Crippen LogP contribution is 2.41. The van der Waals surface area contributed by atoms with E-state index in [1.165, 1.54) is 19.2 Å². The lowest BCUT2D eigenvalue weighted by Gasteiger charge is -2.26. The minimum absolute atomic E-state index is 0.144. The van der Waals surface area contributed by atoms with Gasteiger partial charge in [-0.3, -0.25) is 9.07 Å². The summed E-state index contributed by atoms with van der Waals surface area (Å²) in [5, 5.41) is 5.17. The minimum Gasteiger partial charge on any atom is -0.496 e. The zero-order valence-corrected chi connectivity index (χ0v) is 19.5. The SMILES string of the molecule is COc1ccc(F)c(Cl)c1[C@H](CF)c1c[nH]c2ncc(-c3cnn(C4CCC(N)CC4)c3)cc12. The summed E-state index contributed by atoms with van der Waals surface area (Å²) in [6, 6.07) is 5.25. The van der Waals surface area contributed by atoms with Gasteiger partial charge < -0.3 is 15.5 Å². The Labute approximate surface area is 201 Å². The van der Waals surface area contributed by atoms with Gasteiger partial charge in [0.05, 0.1) is 24.4 Å². The third-order valence-electron chi connectivity index (χ3n) is 6.80. The van der Waals surface area contributed by atoms with Crippen molar-refractivity contribution in [3.8, 4) is 16.9 Å². The van der Waals surface area contributed by atoms with Gasteiger partial charge in [-0.05, 0) is 49.4 Å². The van der Waals surface area contributed by atoms with Crippen LogP contribution in [0.5, 0.6) is 5.75 Å². The van der Waals surface area contributed by atoms with Gasteiger partial charge >= 0.3 is 0 Å². The Bertz CT molecular complexity index is 1310. The molecule has 1 fully saturated rings. The summed E-state index contributed by atoms with van der Waals surface area (Å²) in [5.41, 5.74) is 9.34. The van der Waals surface area contributed by atoms with Crippen molar-refractivity contribution < 1.29 is 13.5 Å². The third-order valence-corrected chi connectivity index (χ3v) is 7.19.